The van der Waals surface area contributed by atoms with Gasteiger partial charge in [-0.25, -0.2) is 4.39 Å². The third-order valence-electron chi connectivity index (χ3n) is 1.91. The zero-order valence-electron chi connectivity index (χ0n) is 7.47. The van der Waals surface area contributed by atoms with Gasteiger partial charge in [0.2, 0.25) is 0 Å². The summed E-state index contributed by atoms with van der Waals surface area (Å²) in [5, 5.41) is 27.3. The molecule has 0 bridgehead atoms. The highest BCUT2D eigenvalue weighted by molar-refractivity contribution is 5.16. The van der Waals surface area contributed by atoms with Crippen molar-refractivity contribution in [1.82, 2.24) is 4.98 Å². The van der Waals surface area contributed by atoms with Crippen molar-refractivity contribution in [2.75, 3.05) is 6.61 Å². The molecule has 3 N–H and O–H groups in total. The molecule has 1 rings (SSSR count). The maximum absolute atomic E-state index is 13.0. The lowest BCUT2D eigenvalue weighted by molar-refractivity contribution is 0.00230. The minimum atomic E-state index is -1.33. The lowest BCUT2D eigenvalue weighted by Crippen LogP contribution is -2.20. The van der Waals surface area contributed by atoms with E-state index >= 15 is 0 Å². The number of aliphatic hydroxyl groups is 3. The minimum Gasteiger partial charge on any atom is -0.396 e. The number of aromatic nitrogens is 1. The predicted octanol–water partition coefficient (Wildman–Crippen LogP) is -0.00260. The lowest BCUT2D eigenvalue weighted by Gasteiger charge is -2.17. The Balaban J connectivity index is 2.78. The van der Waals surface area contributed by atoms with E-state index in [0.717, 1.165) is 6.20 Å². The van der Waals surface area contributed by atoms with Crippen LogP contribution in [0.5, 0.6) is 0 Å². The average Bonchev–Trinajstić information content (AvgIpc) is 2.18. The van der Waals surface area contributed by atoms with Crippen LogP contribution in [-0.4, -0.2) is 33.0 Å². The molecular formula is C9H12FNO3. The minimum absolute atomic E-state index is 0.00291. The second kappa shape index (κ2) is 4.99. The Bertz CT molecular complexity index is 295. The largest absolute Gasteiger partial charge is 0.396 e. The molecule has 0 saturated carbocycles. The van der Waals surface area contributed by atoms with E-state index in [4.69, 9.17) is 5.11 Å². The van der Waals surface area contributed by atoms with Crippen molar-refractivity contribution in [1.29, 1.82) is 0 Å². The van der Waals surface area contributed by atoms with Crippen LogP contribution in [-0.2, 0) is 0 Å². The molecule has 0 aliphatic heterocycles. The molecule has 1 aromatic rings. The molecule has 0 aliphatic rings. The molecule has 5 heteroatoms. The first-order chi connectivity index (χ1) is 6.66. The summed E-state index contributed by atoms with van der Waals surface area (Å²) in [6.45, 7) is -0.259. The van der Waals surface area contributed by atoms with Gasteiger partial charge in [0.15, 0.2) is 0 Å². The summed E-state index contributed by atoms with van der Waals surface area (Å²) >= 11 is 0. The third kappa shape index (κ3) is 2.47. The average molecular weight is 201 g/mol. The standard InChI is InChI=1S/C9H12FNO3/c10-7-5-11-3-1-6(7)9(14)8(13)2-4-12/h1,3,5,8-9,12-14H,2,4H2. The Labute approximate surface area is 80.7 Å². The topological polar surface area (TPSA) is 73.6 Å². The Hall–Kier alpha value is -1.04. The number of nitrogens with zero attached hydrogens (tertiary/aromatic N) is 1. The summed E-state index contributed by atoms with van der Waals surface area (Å²) in [5.74, 6) is -0.669. The fourth-order valence-electron chi connectivity index (χ4n) is 1.12. The molecule has 0 aliphatic carbocycles. The summed E-state index contributed by atoms with van der Waals surface area (Å²) in [6, 6.07) is 1.29. The molecular weight excluding hydrogens is 189 g/mol. The van der Waals surface area contributed by atoms with Crippen LogP contribution in [0.4, 0.5) is 4.39 Å². The lowest BCUT2D eigenvalue weighted by atomic mass is 10.0. The van der Waals surface area contributed by atoms with Crippen molar-refractivity contribution < 1.29 is 19.7 Å². The highest BCUT2D eigenvalue weighted by Gasteiger charge is 2.20. The molecule has 0 saturated heterocycles. The highest BCUT2D eigenvalue weighted by atomic mass is 19.1. The molecule has 0 spiro atoms. The van der Waals surface area contributed by atoms with E-state index in [1.807, 2.05) is 0 Å². The number of hydrogen-bond acceptors (Lipinski definition) is 4. The molecule has 1 heterocycles. The molecule has 1 aromatic heterocycles. The molecule has 0 aromatic carbocycles. The summed E-state index contributed by atoms with van der Waals surface area (Å²) in [4.78, 5) is 3.52. The van der Waals surface area contributed by atoms with Crippen LogP contribution in [0.25, 0.3) is 0 Å². The SMILES string of the molecule is OCCC(O)C(O)c1ccncc1F. The van der Waals surface area contributed by atoms with E-state index in [9.17, 15) is 14.6 Å². The number of rotatable bonds is 4. The quantitative estimate of drug-likeness (QED) is 0.641. The summed E-state index contributed by atoms with van der Waals surface area (Å²) in [5.41, 5.74) is -0.0130. The maximum Gasteiger partial charge on any atom is 0.147 e. The van der Waals surface area contributed by atoms with Gasteiger partial charge in [-0.1, -0.05) is 0 Å². The Kier molecular flexibility index (Phi) is 3.94. The Morgan fingerprint density at radius 2 is 2.14 bits per heavy atom. The zero-order valence-corrected chi connectivity index (χ0v) is 7.47. The highest BCUT2D eigenvalue weighted by Crippen LogP contribution is 2.20. The third-order valence-corrected chi connectivity index (χ3v) is 1.91. The van der Waals surface area contributed by atoms with Crippen LogP contribution >= 0.6 is 0 Å². The molecule has 78 valence electrons. The van der Waals surface area contributed by atoms with E-state index < -0.39 is 18.0 Å². The van der Waals surface area contributed by atoms with Gasteiger partial charge in [0.1, 0.15) is 11.9 Å². The smallest absolute Gasteiger partial charge is 0.147 e. The van der Waals surface area contributed by atoms with Gasteiger partial charge in [0, 0.05) is 18.4 Å². The van der Waals surface area contributed by atoms with Crippen molar-refractivity contribution in [3.05, 3.63) is 29.8 Å². The fraction of sp³-hybridized carbons (Fsp3) is 0.444. The maximum atomic E-state index is 13.0. The van der Waals surface area contributed by atoms with Crippen LogP contribution < -0.4 is 0 Å². The van der Waals surface area contributed by atoms with Gasteiger partial charge in [-0.3, -0.25) is 4.98 Å². The molecule has 0 fully saturated rings. The number of aliphatic hydroxyl groups excluding tert-OH is 3. The predicted molar refractivity (Wildman–Crippen MR) is 46.9 cm³/mol. The Morgan fingerprint density at radius 3 is 2.71 bits per heavy atom. The second-order valence-electron chi connectivity index (χ2n) is 2.92. The number of pyridine rings is 1. The van der Waals surface area contributed by atoms with Crippen LogP contribution in [0.15, 0.2) is 18.5 Å². The van der Waals surface area contributed by atoms with Crippen LogP contribution in [0, 0.1) is 5.82 Å². The van der Waals surface area contributed by atoms with Crippen LogP contribution in [0.2, 0.25) is 0 Å². The zero-order chi connectivity index (χ0) is 10.6. The van der Waals surface area contributed by atoms with Gasteiger partial charge in [-0.2, -0.15) is 0 Å². The first-order valence-electron chi connectivity index (χ1n) is 4.23. The normalized spacial score (nSPS) is 15.1. The summed E-state index contributed by atoms with van der Waals surface area (Å²) < 4.78 is 13.0. The van der Waals surface area contributed by atoms with Gasteiger partial charge in [-0.15, -0.1) is 0 Å². The van der Waals surface area contributed by atoms with Gasteiger partial charge < -0.3 is 15.3 Å². The molecule has 14 heavy (non-hydrogen) atoms. The van der Waals surface area contributed by atoms with Gasteiger partial charge >= 0.3 is 0 Å². The molecule has 2 unspecified atom stereocenters. The van der Waals surface area contributed by atoms with Crippen LogP contribution in [0.3, 0.4) is 0 Å². The molecule has 2 atom stereocenters. The van der Waals surface area contributed by atoms with Gasteiger partial charge in [0.05, 0.1) is 12.3 Å². The van der Waals surface area contributed by atoms with E-state index in [1.54, 1.807) is 0 Å². The monoisotopic (exact) mass is 201 g/mol. The van der Waals surface area contributed by atoms with Crippen LogP contribution in [0.1, 0.15) is 18.1 Å². The first kappa shape index (κ1) is 11.0. The van der Waals surface area contributed by atoms with Crippen molar-refractivity contribution in [3.8, 4) is 0 Å². The second-order valence-corrected chi connectivity index (χ2v) is 2.92. The first-order valence-corrected chi connectivity index (χ1v) is 4.23. The summed E-state index contributed by atoms with van der Waals surface area (Å²) in [6.07, 6.45) is -0.206. The van der Waals surface area contributed by atoms with Crippen molar-refractivity contribution in [3.63, 3.8) is 0 Å². The van der Waals surface area contributed by atoms with E-state index in [2.05, 4.69) is 4.98 Å². The van der Waals surface area contributed by atoms with Gasteiger partial charge in [0.25, 0.3) is 0 Å². The van der Waals surface area contributed by atoms with Crippen molar-refractivity contribution in [2.45, 2.75) is 18.6 Å². The van der Waals surface area contributed by atoms with Gasteiger partial charge in [-0.05, 0) is 12.5 Å². The van der Waals surface area contributed by atoms with E-state index in [1.165, 1.54) is 12.3 Å². The molecule has 0 radical (unpaired) electrons. The molecule has 4 nitrogen and oxygen atoms in total. The van der Waals surface area contributed by atoms with Crippen molar-refractivity contribution >= 4 is 0 Å². The fourth-order valence-corrected chi connectivity index (χ4v) is 1.12. The van der Waals surface area contributed by atoms with E-state index in [0.29, 0.717) is 0 Å². The van der Waals surface area contributed by atoms with E-state index in [-0.39, 0.29) is 18.6 Å². The van der Waals surface area contributed by atoms with Crippen molar-refractivity contribution in [2.24, 2.45) is 0 Å². The summed E-state index contributed by atoms with van der Waals surface area (Å²) in [7, 11) is 0. The molecule has 0 amide bonds. The number of hydrogen-bond donors (Lipinski definition) is 3. The Morgan fingerprint density at radius 1 is 1.43 bits per heavy atom. The number of halogens is 1.